The highest BCUT2D eigenvalue weighted by Gasteiger charge is 2.31. The van der Waals surface area contributed by atoms with Crippen LogP contribution in [0.3, 0.4) is 0 Å². The van der Waals surface area contributed by atoms with Crippen LogP contribution in [0, 0.1) is 6.92 Å². The first kappa shape index (κ1) is 37.8. The van der Waals surface area contributed by atoms with E-state index in [4.69, 9.17) is 9.47 Å². The van der Waals surface area contributed by atoms with E-state index in [1.165, 1.54) is 36.2 Å². The lowest BCUT2D eigenvalue weighted by Crippen LogP contribution is -2.50. The van der Waals surface area contributed by atoms with Crippen molar-refractivity contribution in [2.24, 2.45) is 0 Å². The molecule has 0 unspecified atom stereocenters. The molecule has 1 saturated heterocycles. The summed E-state index contributed by atoms with van der Waals surface area (Å²) in [6.07, 6.45) is 3.72. The number of likely N-dealkylation sites (N-methyl/N-ethyl adjacent to an activating group) is 1. The van der Waals surface area contributed by atoms with Gasteiger partial charge in [-0.15, -0.1) is 11.3 Å². The number of rotatable bonds is 13. The molecular formula is C40H50N4O6S2. The second-order valence-corrected chi connectivity index (χ2v) is 17.4. The van der Waals surface area contributed by atoms with E-state index in [0.717, 1.165) is 22.2 Å². The zero-order chi connectivity index (χ0) is 37.2. The fourth-order valence-electron chi connectivity index (χ4n) is 7.16. The molecule has 0 aliphatic carbocycles. The van der Waals surface area contributed by atoms with E-state index in [1.807, 2.05) is 50.2 Å². The van der Waals surface area contributed by atoms with Crippen molar-refractivity contribution in [1.82, 2.24) is 19.8 Å². The third-order valence-corrected chi connectivity index (χ3v) is 13.9. The molecule has 3 heterocycles. The minimum absolute atomic E-state index is 0.0568. The van der Waals surface area contributed by atoms with Gasteiger partial charge in [0, 0.05) is 49.3 Å². The predicted molar refractivity (Wildman–Crippen MR) is 205 cm³/mol. The monoisotopic (exact) mass is 746 g/mol. The number of fused-ring (bicyclic) bond motifs is 2. The van der Waals surface area contributed by atoms with Gasteiger partial charge in [0.2, 0.25) is 18.6 Å². The van der Waals surface area contributed by atoms with E-state index in [-0.39, 0.29) is 29.4 Å². The van der Waals surface area contributed by atoms with Gasteiger partial charge in [0.1, 0.15) is 10.3 Å². The van der Waals surface area contributed by atoms with Gasteiger partial charge in [-0.2, -0.15) is 0 Å². The molecular weight excluding hydrogens is 697 g/mol. The Kier molecular flexibility index (Phi) is 11.6. The first-order valence-corrected chi connectivity index (χ1v) is 20.4. The molecule has 12 heteroatoms. The Hall–Kier alpha value is -3.97. The molecule has 0 bridgehead atoms. The highest BCUT2D eigenvalue weighted by molar-refractivity contribution is 7.91. The van der Waals surface area contributed by atoms with Gasteiger partial charge in [-0.25, -0.2) is 13.1 Å². The van der Waals surface area contributed by atoms with Crippen molar-refractivity contribution in [3.63, 3.8) is 0 Å². The first-order valence-electron chi connectivity index (χ1n) is 18.1. The summed E-state index contributed by atoms with van der Waals surface area (Å²) in [4.78, 5) is 31.9. The molecule has 4 atom stereocenters. The summed E-state index contributed by atoms with van der Waals surface area (Å²) < 4.78 is 42.9. The van der Waals surface area contributed by atoms with Crippen molar-refractivity contribution in [3.05, 3.63) is 89.0 Å². The smallest absolute Gasteiger partial charge is 0.250 e. The minimum atomic E-state index is -4.06. The quantitative estimate of drug-likeness (QED) is 0.156. The lowest BCUT2D eigenvalue weighted by molar-refractivity contribution is -0.136. The molecule has 0 spiro atoms. The molecule has 10 nitrogen and oxygen atoms in total. The van der Waals surface area contributed by atoms with Gasteiger partial charge in [-0.1, -0.05) is 55.0 Å². The maximum atomic E-state index is 14.0. The Morgan fingerprint density at radius 3 is 2.33 bits per heavy atom. The van der Waals surface area contributed by atoms with Crippen molar-refractivity contribution in [1.29, 1.82) is 0 Å². The number of sulfonamides is 1. The van der Waals surface area contributed by atoms with Crippen molar-refractivity contribution >= 4 is 43.3 Å². The van der Waals surface area contributed by atoms with Crippen molar-refractivity contribution in [2.75, 3.05) is 13.8 Å². The second-order valence-electron chi connectivity index (χ2n) is 14.5. The summed E-state index contributed by atoms with van der Waals surface area (Å²) in [5.41, 5.74) is 3.32. The Bertz CT molecular complexity index is 2000. The number of amides is 2. The Morgan fingerprint density at radius 2 is 1.63 bits per heavy atom. The second kappa shape index (κ2) is 16.0. The standard InChI is InChI=1S/C40H50N4O6S2/c1-25(2)43(6)39(46)34(20-29-14-16-30(17-15-29)23-44-26(3)10-9-11-27(44)4)41-38(45)22-33(31-18-19-35-36(21-31)50-24-49-35)42-52(47,48)40-28(5)32-12-7-8-13-37(32)51-40/h7-8,12-19,21,25-27,33-34,42H,9-11,20,22-24H2,1-6H3,(H,41,45)/t26-,27+,33-,34-/m1/s1. The number of hydrogen-bond acceptors (Lipinski definition) is 8. The normalized spacial score (nSPS) is 18.8. The van der Waals surface area contributed by atoms with Gasteiger partial charge in [0.05, 0.1) is 6.04 Å². The molecule has 4 aromatic rings. The van der Waals surface area contributed by atoms with Crippen LogP contribution < -0.4 is 19.5 Å². The van der Waals surface area contributed by atoms with E-state index >= 15 is 0 Å². The molecule has 2 amide bonds. The largest absolute Gasteiger partial charge is 0.454 e. The molecule has 0 radical (unpaired) electrons. The van der Waals surface area contributed by atoms with Gasteiger partial charge in [0.25, 0.3) is 10.0 Å². The molecule has 1 aromatic heterocycles. The van der Waals surface area contributed by atoms with E-state index in [0.29, 0.717) is 41.1 Å². The maximum absolute atomic E-state index is 14.0. The number of ether oxygens (including phenoxy) is 2. The third kappa shape index (κ3) is 8.46. The number of likely N-dealkylation sites (tertiary alicyclic amines) is 1. The number of nitrogens with one attached hydrogen (secondary N) is 2. The van der Waals surface area contributed by atoms with Gasteiger partial charge < -0.3 is 19.7 Å². The SMILES string of the molecule is Cc1c(S(=O)(=O)N[C@H](CC(=O)N[C@H](Cc2ccc(CN3[C@H](C)CCC[C@@H]3C)cc2)C(=O)N(C)C(C)C)c2ccc3c(c2)OCO3)sc2ccccc12. The predicted octanol–water partition coefficient (Wildman–Crippen LogP) is 6.71. The van der Waals surface area contributed by atoms with Gasteiger partial charge >= 0.3 is 0 Å². The van der Waals surface area contributed by atoms with E-state index in [2.05, 4.69) is 40.9 Å². The Morgan fingerprint density at radius 1 is 0.962 bits per heavy atom. The number of carbonyl (C=O) groups excluding carboxylic acids is 2. The molecule has 0 saturated carbocycles. The summed E-state index contributed by atoms with van der Waals surface area (Å²) >= 11 is 1.19. The minimum Gasteiger partial charge on any atom is -0.454 e. The average Bonchev–Trinajstić information content (AvgIpc) is 3.73. The van der Waals surface area contributed by atoms with E-state index in [9.17, 15) is 18.0 Å². The van der Waals surface area contributed by atoms with E-state index < -0.39 is 28.0 Å². The van der Waals surface area contributed by atoms with Crippen LogP contribution in [0.2, 0.25) is 0 Å². The number of nitrogens with zero attached hydrogens (tertiary/aromatic N) is 2. The zero-order valence-electron chi connectivity index (χ0n) is 30.8. The van der Waals surface area contributed by atoms with Gasteiger partial charge in [-0.3, -0.25) is 14.5 Å². The molecule has 6 rings (SSSR count). The number of thiophene rings is 1. The van der Waals surface area contributed by atoms with E-state index in [1.54, 1.807) is 37.1 Å². The average molecular weight is 747 g/mol. The van der Waals surface area contributed by atoms with Crippen LogP contribution in [0.15, 0.2) is 70.9 Å². The van der Waals surface area contributed by atoms with Gasteiger partial charge in [0.15, 0.2) is 11.5 Å². The van der Waals surface area contributed by atoms with Crippen molar-refractivity contribution in [3.8, 4) is 11.5 Å². The molecule has 3 aromatic carbocycles. The highest BCUT2D eigenvalue weighted by Crippen LogP contribution is 2.37. The number of aryl methyl sites for hydroxylation is 1. The fourth-order valence-corrected chi connectivity index (χ4v) is 10.2. The van der Waals surface area contributed by atoms with Crippen LogP contribution in [0.5, 0.6) is 11.5 Å². The van der Waals surface area contributed by atoms with Gasteiger partial charge in [-0.05, 0) is 93.3 Å². The molecule has 2 aliphatic heterocycles. The van der Waals surface area contributed by atoms with Crippen molar-refractivity contribution < 1.29 is 27.5 Å². The number of piperidine rings is 1. The van der Waals surface area contributed by atoms with Crippen LogP contribution in [-0.4, -0.2) is 68.0 Å². The van der Waals surface area contributed by atoms with Crippen LogP contribution in [0.25, 0.3) is 10.1 Å². The number of benzene rings is 3. The molecule has 52 heavy (non-hydrogen) atoms. The summed E-state index contributed by atoms with van der Waals surface area (Å²) in [5.74, 6) is 0.339. The first-order chi connectivity index (χ1) is 24.8. The van der Waals surface area contributed by atoms with Crippen LogP contribution in [0.4, 0.5) is 0 Å². The fraction of sp³-hybridized carbons (Fsp3) is 0.450. The van der Waals surface area contributed by atoms with Crippen LogP contribution in [0.1, 0.15) is 81.7 Å². The molecule has 278 valence electrons. The highest BCUT2D eigenvalue weighted by atomic mass is 32.2. The van der Waals surface area contributed by atoms with Crippen LogP contribution >= 0.6 is 11.3 Å². The van der Waals surface area contributed by atoms with Crippen LogP contribution in [-0.2, 0) is 32.6 Å². The summed E-state index contributed by atoms with van der Waals surface area (Å²) in [6.45, 7) is 11.2. The molecule has 2 N–H and O–H groups in total. The topological polar surface area (TPSA) is 117 Å². The van der Waals surface area contributed by atoms with Crippen molar-refractivity contribution in [2.45, 2.75) is 108 Å². The zero-order valence-corrected chi connectivity index (χ0v) is 32.5. The summed E-state index contributed by atoms with van der Waals surface area (Å²) in [5, 5.41) is 3.84. The summed E-state index contributed by atoms with van der Waals surface area (Å²) in [6, 6.07) is 20.2. The summed E-state index contributed by atoms with van der Waals surface area (Å²) in [7, 11) is -2.33. The Balaban J connectivity index is 1.23. The third-order valence-electron chi connectivity index (χ3n) is 10.5. The Labute approximate surface area is 311 Å². The number of hydrogen-bond donors (Lipinski definition) is 2. The lowest BCUT2D eigenvalue weighted by atomic mass is 9.96. The molecule has 1 fully saturated rings. The molecule has 2 aliphatic rings. The number of carbonyl (C=O) groups is 2. The lowest BCUT2D eigenvalue weighted by Gasteiger charge is -2.39. The maximum Gasteiger partial charge on any atom is 0.250 e.